The molecule has 2 heterocycles. The lowest BCUT2D eigenvalue weighted by Crippen LogP contribution is -2.43. The van der Waals surface area contributed by atoms with Gasteiger partial charge in [0.2, 0.25) is 5.91 Å². The Kier molecular flexibility index (Phi) is 4.66. The van der Waals surface area contributed by atoms with Gasteiger partial charge < -0.3 is 19.7 Å². The second-order valence-corrected chi connectivity index (χ2v) is 6.51. The lowest BCUT2D eigenvalue weighted by atomic mass is 10.1. The number of hydrogen-bond donors (Lipinski definition) is 1. The summed E-state index contributed by atoms with van der Waals surface area (Å²) in [4.78, 5) is 26.5. The molecule has 0 saturated carbocycles. The van der Waals surface area contributed by atoms with E-state index in [0.717, 1.165) is 25.1 Å². The van der Waals surface area contributed by atoms with E-state index < -0.39 is 5.97 Å². The number of fused-ring (bicyclic) bond motifs is 3. The molecule has 7 heteroatoms. The first-order chi connectivity index (χ1) is 13.1. The van der Waals surface area contributed by atoms with Gasteiger partial charge in [-0.1, -0.05) is 0 Å². The van der Waals surface area contributed by atoms with E-state index in [1.54, 1.807) is 12.1 Å². The highest BCUT2D eigenvalue weighted by Crippen LogP contribution is 2.37. The van der Waals surface area contributed by atoms with E-state index in [1.807, 2.05) is 6.07 Å². The first kappa shape index (κ1) is 17.3. The fraction of sp³-hybridized carbons (Fsp3) is 0.300. The van der Waals surface area contributed by atoms with Gasteiger partial charge in [0.05, 0.1) is 16.9 Å². The average Bonchev–Trinajstić information content (AvgIpc) is 3.17. The van der Waals surface area contributed by atoms with Crippen molar-refractivity contribution in [2.75, 3.05) is 30.0 Å². The van der Waals surface area contributed by atoms with Gasteiger partial charge in [0.1, 0.15) is 30.8 Å². The molecule has 1 fully saturated rings. The summed E-state index contributed by atoms with van der Waals surface area (Å²) in [5, 5.41) is 2.88. The maximum atomic E-state index is 12.8. The van der Waals surface area contributed by atoms with E-state index in [0.29, 0.717) is 17.0 Å². The minimum atomic E-state index is -0.488. The van der Waals surface area contributed by atoms with Gasteiger partial charge in [0.25, 0.3) is 0 Å². The molecular weight excluding hydrogens is 351 g/mol. The number of nitrogens with one attached hydrogen (secondary N) is 1. The van der Waals surface area contributed by atoms with Crippen molar-refractivity contribution in [3.63, 3.8) is 0 Å². The second kappa shape index (κ2) is 7.26. The maximum Gasteiger partial charge on any atom is 0.338 e. The second-order valence-electron chi connectivity index (χ2n) is 6.51. The van der Waals surface area contributed by atoms with Crippen molar-refractivity contribution in [3.8, 4) is 5.75 Å². The van der Waals surface area contributed by atoms with Crippen LogP contribution in [0.4, 0.5) is 15.8 Å². The lowest BCUT2D eigenvalue weighted by Gasteiger charge is -2.33. The number of ether oxygens (including phenoxy) is 2. The van der Waals surface area contributed by atoms with E-state index in [9.17, 15) is 14.0 Å². The zero-order chi connectivity index (χ0) is 18.8. The molecule has 0 radical (unpaired) electrons. The van der Waals surface area contributed by atoms with Gasteiger partial charge in [-0.3, -0.25) is 4.79 Å². The van der Waals surface area contributed by atoms with Crippen LogP contribution in [0.2, 0.25) is 0 Å². The summed E-state index contributed by atoms with van der Waals surface area (Å²) in [5.74, 6) is -0.353. The monoisotopic (exact) mass is 370 g/mol. The topological polar surface area (TPSA) is 67.9 Å². The van der Waals surface area contributed by atoms with Crippen LogP contribution in [0.15, 0.2) is 42.5 Å². The molecule has 1 N–H and O–H groups in total. The summed E-state index contributed by atoms with van der Waals surface area (Å²) in [5.41, 5.74) is 1.94. The summed E-state index contributed by atoms with van der Waals surface area (Å²) >= 11 is 0. The summed E-state index contributed by atoms with van der Waals surface area (Å²) in [6.07, 6.45) is 1.83. The van der Waals surface area contributed by atoms with E-state index in [-0.39, 0.29) is 31.0 Å². The van der Waals surface area contributed by atoms with Gasteiger partial charge in [-0.2, -0.15) is 0 Å². The number of esters is 1. The number of rotatable bonds is 5. The molecule has 0 bridgehead atoms. The van der Waals surface area contributed by atoms with Crippen molar-refractivity contribution in [2.45, 2.75) is 18.9 Å². The highest BCUT2D eigenvalue weighted by molar-refractivity contribution is 6.05. The van der Waals surface area contributed by atoms with Crippen molar-refractivity contribution < 1.29 is 23.5 Å². The van der Waals surface area contributed by atoms with Gasteiger partial charge >= 0.3 is 5.97 Å². The van der Waals surface area contributed by atoms with Crippen LogP contribution in [0.25, 0.3) is 0 Å². The van der Waals surface area contributed by atoms with E-state index in [2.05, 4.69) is 10.2 Å². The quantitative estimate of drug-likeness (QED) is 0.647. The van der Waals surface area contributed by atoms with Crippen LogP contribution in [0.3, 0.4) is 0 Å². The molecule has 0 spiro atoms. The maximum absolute atomic E-state index is 12.8. The molecule has 1 amide bonds. The Hall–Kier alpha value is -3.09. The van der Waals surface area contributed by atoms with Gasteiger partial charge in [0.15, 0.2) is 0 Å². The number of benzene rings is 2. The number of hydrogen-bond acceptors (Lipinski definition) is 5. The number of carbonyl (C=O) groups is 2. The van der Waals surface area contributed by atoms with E-state index in [1.165, 1.54) is 24.3 Å². The van der Waals surface area contributed by atoms with Crippen LogP contribution in [0, 0.1) is 5.82 Å². The number of anilines is 2. The van der Waals surface area contributed by atoms with Crippen LogP contribution >= 0.6 is 0 Å². The number of carbonyl (C=O) groups excluding carboxylic acids is 2. The van der Waals surface area contributed by atoms with E-state index in [4.69, 9.17) is 9.47 Å². The first-order valence-corrected chi connectivity index (χ1v) is 8.89. The normalized spacial score (nSPS) is 17.7. The van der Waals surface area contributed by atoms with Crippen molar-refractivity contribution in [2.24, 2.45) is 0 Å². The van der Waals surface area contributed by atoms with Crippen LogP contribution in [-0.4, -0.2) is 37.7 Å². The summed E-state index contributed by atoms with van der Waals surface area (Å²) in [6, 6.07) is 10.7. The Morgan fingerprint density at radius 1 is 1.19 bits per heavy atom. The van der Waals surface area contributed by atoms with Crippen molar-refractivity contribution >= 4 is 23.3 Å². The molecule has 4 rings (SSSR count). The Morgan fingerprint density at radius 3 is 2.81 bits per heavy atom. The molecule has 0 aliphatic carbocycles. The minimum absolute atomic E-state index is 0.0294. The number of nitrogens with zero attached hydrogens (tertiary/aromatic N) is 1. The molecule has 2 aliphatic heterocycles. The Bertz CT molecular complexity index is 869. The minimum Gasteiger partial charge on any atom is -0.490 e. The molecule has 1 atom stereocenters. The smallest absolute Gasteiger partial charge is 0.338 e. The molecule has 1 saturated heterocycles. The predicted molar refractivity (Wildman–Crippen MR) is 97.6 cm³/mol. The van der Waals surface area contributed by atoms with Gasteiger partial charge in [-0.05, 0) is 55.3 Å². The Labute approximate surface area is 155 Å². The molecule has 2 aliphatic rings. The van der Waals surface area contributed by atoms with Crippen LogP contribution in [0.5, 0.6) is 5.75 Å². The number of amides is 1. The zero-order valence-corrected chi connectivity index (χ0v) is 14.6. The summed E-state index contributed by atoms with van der Waals surface area (Å²) in [7, 11) is 0. The van der Waals surface area contributed by atoms with Crippen molar-refractivity contribution in [1.82, 2.24) is 0 Å². The predicted octanol–water partition coefficient (Wildman–Crippen LogP) is 2.98. The molecule has 0 unspecified atom stereocenters. The summed E-state index contributed by atoms with van der Waals surface area (Å²) in [6.45, 7) is 1.07. The Balaban J connectivity index is 1.35. The molecular formula is C20H19FN2O4. The van der Waals surface area contributed by atoms with Gasteiger partial charge in [-0.25, -0.2) is 9.18 Å². The van der Waals surface area contributed by atoms with Gasteiger partial charge in [0, 0.05) is 6.54 Å². The van der Waals surface area contributed by atoms with Crippen LogP contribution < -0.4 is 15.0 Å². The standard InChI is InChI=1S/C20H19FN2O4/c21-14-4-6-15(7-5-14)26-10-11-27-20(25)13-3-8-17-16(12-13)22-19(24)18-2-1-9-23(17)18/h3-8,12,18H,1-2,9-11H2,(H,22,24)/t18-/m0/s1. The third-order valence-corrected chi connectivity index (χ3v) is 4.75. The summed E-state index contributed by atoms with van der Waals surface area (Å²) < 4.78 is 23.4. The molecule has 0 aromatic heterocycles. The zero-order valence-electron chi connectivity index (χ0n) is 14.6. The molecule has 2 aromatic rings. The molecule has 27 heavy (non-hydrogen) atoms. The Morgan fingerprint density at radius 2 is 2.00 bits per heavy atom. The largest absolute Gasteiger partial charge is 0.490 e. The van der Waals surface area contributed by atoms with Crippen LogP contribution in [0.1, 0.15) is 23.2 Å². The third kappa shape index (κ3) is 3.58. The molecule has 6 nitrogen and oxygen atoms in total. The van der Waals surface area contributed by atoms with Crippen LogP contribution in [-0.2, 0) is 9.53 Å². The van der Waals surface area contributed by atoms with Crippen molar-refractivity contribution in [1.29, 1.82) is 0 Å². The first-order valence-electron chi connectivity index (χ1n) is 8.89. The fourth-order valence-corrected chi connectivity index (χ4v) is 3.47. The third-order valence-electron chi connectivity index (χ3n) is 4.75. The van der Waals surface area contributed by atoms with Crippen molar-refractivity contribution in [3.05, 3.63) is 53.8 Å². The number of halogens is 1. The highest BCUT2D eigenvalue weighted by atomic mass is 19.1. The van der Waals surface area contributed by atoms with E-state index >= 15 is 0 Å². The molecule has 140 valence electrons. The van der Waals surface area contributed by atoms with Gasteiger partial charge in [-0.15, -0.1) is 0 Å². The SMILES string of the molecule is O=C(OCCOc1ccc(F)cc1)c1ccc2c(c1)NC(=O)[C@@H]1CCCN21. The highest BCUT2D eigenvalue weighted by Gasteiger charge is 2.36. The average molecular weight is 370 g/mol. The lowest BCUT2D eigenvalue weighted by molar-refractivity contribution is -0.117. The molecule has 2 aromatic carbocycles. The fourth-order valence-electron chi connectivity index (χ4n) is 3.47.